The number of amides is 2. The van der Waals surface area contributed by atoms with Gasteiger partial charge in [0.2, 0.25) is 11.8 Å². The fraction of sp³-hybridized carbons (Fsp3) is 0.500. The fourth-order valence-electron chi connectivity index (χ4n) is 2.99. The van der Waals surface area contributed by atoms with Crippen molar-refractivity contribution in [3.63, 3.8) is 0 Å². The highest BCUT2D eigenvalue weighted by Gasteiger charge is 2.54. The van der Waals surface area contributed by atoms with E-state index in [0.717, 1.165) is 18.4 Å². The van der Waals surface area contributed by atoms with Gasteiger partial charge >= 0.3 is 0 Å². The average molecular weight is 307 g/mol. The van der Waals surface area contributed by atoms with Gasteiger partial charge in [-0.1, -0.05) is 29.8 Å². The van der Waals surface area contributed by atoms with Crippen LogP contribution in [0.15, 0.2) is 24.3 Å². The van der Waals surface area contributed by atoms with Crippen LogP contribution in [0.2, 0.25) is 5.02 Å². The maximum absolute atomic E-state index is 12.9. The number of nitrogens with one attached hydrogen (secondary N) is 1. The molecular formula is C16H19ClN2O2. The third-order valence-corrected chi connectivity index (χ3v) is 5.00. The van der Waals surface area contributed by atoms with Crippen molar-refractivity contribution in [2.75, 3.05) is 0 Å². The molecule has 1 N–H and O–H groups in total. The molecule has 21 heavy (non-hydrogen) atoms. The van der Waals surface area contributed by atoms with Crippen molar-refractivity contribution in [2.24, 2.45) is 5.92 Å². The molecule has 3 rings (SSSR count). The highest BCUT2D eigenvalue weighted by atomic mass is 35.5. The number of hydrogen-bond acceptors (Lipinski definition) is 2. The summed E-state index contributed by atoms with van der Waals surface area (Å²) in [5.74, 6) is 0.170. The van der Waals surface area contributed by atoms with Crippen molar-refractivity contribution in [1.82, 2.24) is 10.2 Å². The fourth-order valence-corrected chi connectivity index (χ4v) is 3.18. The SMILES string of the molecule is CC1C(=O)NC(C)(C2CC2)C(=O)N1Cc1ccccc1Cl. The van der Waals surface area contributed by atoms with Crippen LogP contribution in [0.4, 0.5) is 0 Å². The van der Waals surface area contributed by atoms with E-state index in [1.54, 1.807) is 17.9 Å². The van der Waals surface area contributed by atoms with E-state index < -0.39 is 11.6 Å². The summed E-state index contributed by atoms with van der Waals surface area (Å²) in [4.78, 5) is 26.8. The summed E-state index contributed by atoms with van der Waals surface area (Å²) < 4.78 is 0. The second-order valence-corrected chi connectivity index (χ2v) is 6.57. The van der Waals surface area contributed by atoms with Gasteiger partial charge in [-0.3, -0.25) is 9.59 Å². The second kappa shape index (κ2) is 5.02. The Kier molecular flexibility index (Phi) is 3.44. The van der Waals surface area contributed by atoms with Crippen LogP contribution in [0.25, 0.3) is 0 Å². The molecule has 0 spiro atoms. The normalized spacial score (nSPS) is 29.5. The van der Waals surface area contributed by atoms with Gasteiger partial charge in [0, 0.05) is 11.6 Å². The van der Waals surface area contributed by atoms with Gasteiger partial charge in [-0.15, -0.1) is 0 Å². The van der Waals surface area contributed by atoms with E-state index in [-0.39, 0.29) is 17.7 Å². The number of piperazine rings is 1. The molecule has 2 aliphatic rings. The maximum atomic E-state index is 12.9. The van der Waals surface area contributed by atoms with Crippen LogP contribution in [0.3, 0.4) is 0 Å². The van der Waals surface area contributed by atoms with Gasteiger partial charge in [-0.25, -0.2) is 0 Å². The number of benzene rings is 1. The van der Waals surface area contributed by atoms with Gasteiger partial charge in [-0.2, -0.15) is 0 Å². The van der Waals surface area contributed by atoms with Gasteiger partial charge in [-0.05, 0) is 44.2 Å². The van der Waals surface area contributed by atoms with Gasteiger partial charge in [0.1, 0.15) is 11.6 Å². The minimum absolute atomic E-state index is 0.00276. The Balaban J connectivity index is 1.90. The van der Waals surface area contributed by atoms with Crippen LogP contribution in [0.5, 0.6) is 0 Å². The number of rotatable bonds is 3. The molecule has 1 heterocycles. The Hall–Kier alpha value is -1.55. The molecule has 2 atom stereocenters. The van der Waals surface area contributed by atoms with E-state index in [0.29, 0.717) is 11.6 Å². The van der Waals surface area contributed by atoms with Crippen molar-refractivity contribution in [3.8, 4) is 0 Å². The molecule has 1 aromatic rings. The van der Waals surface area contributed by atoms with Gasteiger partial charge in [0.15, 0.2) is 0 Å². The van der Waals surface area contributed by atoms with Crippen molar-refractivity contribution in [3.05, 3.63) is 34.9 Å². The first-order valence-corrected chi connectivity index (χ1v) is 7.68. The summed E-state index contributed by atoms with van der Waals surface area (Å²) in [5.41, 5.74) is 0.109. The van der Waals surface area contributed by atoms with Gasteiger partial charge < -0.3 is 10.2 Å². The molecule has 1 aliphatic heterocycles. The first kappa shape index (κ1) is 14.4. The smallest absolute Gasteiger partial charge is 0.249 e. The average Bonchev–Trinajstić information content (AvgIpc) is 3.28. The van der Waals surface area contributed by atoms with Crippen LogP contribution in [-0.4, -0.2) is 28.3 Å². The summed E-state index contributed by atoms with van der Waals surface area (Å²) in [6.45, 7) is 3.97. The molecule has 2 fully saturated rings. The Labute approximate surface area is 129 Å². The quantitative estimate of drug-likeness (QED) is 0.932. The van der Waals surface area contributed by atoms with E-state index in [1.807, 2.05) is 25.1 Å². The standard InChI is InChI=1S/C16H19ClN2O2/c1-10-14(20)18-16(2,12-7-8-12)15(21)19(10)9-11-5-3-4-6-13(11)17/h3-6,10,12H,7-9H2,1-2H3,(H,18,20). The molecule has 1 aromatic carbocycles. The third-order valence-electron chi connectivity index (χ3n) is 4.63. The molecular weight excluding hydrogens is 288 g/mol. The lowest BCUT2D eigenvalue weighted by atomic mass is 9.89. The minimum atomic E-state index is -0.759. The molecule has 1 aliphatic carbocycles. The van der Waals surface area contributed by atoms with Crippen molar-refractivity contribution in [2.45, 2.75) is 44.8 Å². The molecule has 1 saturated heterocycles. The molecule has 2 amide bonds. The van der Waals surface area contributed by atoms with Crippen molar-refractivity contribution >= 4 is 23.4 Å². The first-order valence-electron chi connectivity index (χ1n) is 7.30. The van der Waals surface area contributed by atoms with E-state index in [2.05, 4.69) is 5.32 Å². The largest absolute Gasteiger partial charge is 0.340 e. The van der Waals surface area contributed by atoms with Gasteiger partial charge in [0.05, 0.1) is 0 Å². The molecule has 0 bridgehead atoms. The highest BCUT2D eigenvalue weighted by Crippen LogP contribution is 2.42. The summed E-state index contributed by atoms with van der Waals surface area (Å²) in [6.07, 6.45) is 1.99. The van der Waals surface area contributed by atoms with Crippen LogP contribution in [0, 0.1) is 5.92 Å². The Morgan fingerprint density at radius 2 is 2.00 bits per heavy atom. The van der Waals surface area contributed by atoms with E-state index in [4.69, 9.17) is 11.6 Å². The van der Waals surface area contributed by atoms with Gasteiger partial charge in [0.25, 0.3) is 0 Å². The monoisotopic (exact) mass is 306 g/mol. The van der Waals surface area contributed by atoms with E-state index in [1.165, 1.54) is 0 Å². The van der Waals surface area contributed by atoms with Crippen LogP contribution in [0.1, 0.15) is 32.3 Å². The molecule has 2 unspecified atom stereocenters. The lowest BCUT2D eigenvalue weighted by molar-refractivity contribution is -0.155. The highest BCUT2D eigenvalue weighted by molar-refractivity contribution is 6.31. The lowest BCUT2D eigenvalue weighted by Crippen LogP contribution is -2.69. The molecule has 5 heteroatoms. The predicted octanol–water partition coefficient (Wildman–Crippen LogP) is 2.36. The summed E-state index contributed by atoms with van der Waals surface area (Å²) in [6, 6.07) is 6.97. The number of carbonyl (C=O) groups is 2. The second-order valence-electron chi connectivity index (χ2n) is 6.17. The minimum Gasteiger partial charge on any atom is -0.340 e. The third kappa shape index (κ3) is 2.42. The molecule has 112 valence electrons. The van der Waals surface area contributed by atoms with Crippen molar-refractivity contribution < 1.29 is 9.59 Å². The van der Waals surface area contributed by atoms with E-state index in [9.17, 15) is 9.59 Å². The Morgan fingerprint density at radius 3 is 2.62 bits per heavy atom. The predicted molar refractivity (Wildman–Crippen MR) is 80.7 cm³/mol. The number of nitrogens with zero attached hydrogens (tertiary/aromatic N) is 1. The van der Waals surface area contributed by atoms with E-state index >= 15 is 0 Å². The van der Waals surface area contributed by atoms with Crippen molar-refractivity contribution in [1.29, 1.82) is 0 Å². The Bertz CT molecular complexity index is 600. The zero-order valence-corrected chi connectivity index (χ0v) is 13.0. The maximum Gasteiger partial charge on any atom is 0.249 e. The molecule has 0 aromatic heterocycles. The van der Waals surface area contributed by atoms with Crippen LogP contribution in [-0.2, 0) is 16.1 Å². The number of halogens is 1. The molecule has 1 saturated carbocycles. The summed E-state index contributed by atoms with van der Waals surface area (Å²) >= 11 is 6.18. The number of carbonyl (C=O) groups excluding carboxylic acids is 2. The zero-order valence-electron chi connectivity index (χ0n) is 12.2. The number of hydrogen-bond donors (Lipinski definition) is 1. The van der Waals surface area contributed by atoms with Crippen LogP contribution >= 0.6 is 11.6 Å². The Morgan fingerprint density at radius 1 is 1.33 bits per heavy atom. The zero-order chi connectivity index (χ0) is 15.2. The first-order chi connectivity index (χ1) is 9.93. The summed E-state index contributed by atoms with van der Waals surface area (Å²) in [7, 11) is 0. The topological polar surface area (TPSA) is 49.4 Å². The summed E-state index contributed by atoms with van der Waals surface area (Å²) in [5, 5.41) is 3.54. The lowest BCUT2D eigenvalue weighted by Gasteiger charge is -2.43. The molecule has 4 nitrogen and oxygen atoms in total. The molecule has 0 radical (unpaired) electrons. The van der Waals surface area contributed by atoms with Crippen LogP contribution < -0.4 is 5.32 Å².